The van der Waals surface area contributed by atoms with Crippen LogP contribution in [0.4, 0.5) is 5.69 Å². The normalized spacial score (nSPS) is 23.4. The Hall–Kier alpha value is -1.11. The molecule has 0 bridgehead atoms. The largest absolute Gasteiger partial charge is 0.385 e. The molecule has 0 aromatic heterocycles. The van der Waals surface area contributed by atoms with Crippen LogP contribution in [0.3, 0.4) is 0 Å². The summed E-state index contributed by atoms with van der Waals surface area (Å²) >= 11 is 0. The van der Waals surface area contributed by atoms with E-state index in [0.29, 0.717) is 18.0 Å². The van der Waals surface area contributed by atoms with Crippen LogP contribution in [-0.4, -0.2) is 45.6 Å². The summed E-state index contributed by atoms with van der Waals surface area (Å²) < 4.78 is 32.0. The van der Waals surface area contributed by atoms with Gasteiger partial charge in [0.15, 0.2) is 0 Å². The Morgan fingerprint density at radius 1 is 1.40 bits per heavy atom. The molecule has 1 aromatic carbocycles. The van der Waals surface area contributed by atoms with Gasteiger partial charge in [-0.1, -0.05) is 6.07 Å². The number of aryl methyl sites for hydroxylation is 1. The van der Waals surface area contributed by atoms with E-state index in [1.54, 1.807) is 19.2 Å². The number of hydrogen-bond acceptors (Lipinski definition) is 4. The number of anilines is 1. The molecule has 1 unspecified atom stereocenters. The standard InChI is InChI=1S/C14H20N2O3S/c1-19-12-6-8-16(10-12)20(17,18)13-5-4-11-3-2-7-15-14(11)9-13/h4-5,9,12,15H,2-3,6-8,10H2,1H3. The number of nitrogens with zero attached hydrogens (tertiary/aromatic N) is 1. The number of fused-ring (bicyclic) bond motifs is 1. The van der Waals surface area contributed by atoms with Crippen molar-refractivity contribution in [2.45, 2.75) is 30.3 Å². The Balaban J connectivity index is 1.88. The number of nitrogens with one attached hydrogen (secondary N) is 1. The zero-order valence-corrected chi connectivity index (χ0v) is 12.4. The van der Waals surface area contributed by atoms with E-state index >= 15 is 0 Å². The lowest BCUT2D eigenvalue weighted by molar-refractivity contribution is 0.115. The zero-order valence-electron chi connectivity index (χ0n) is 11.6. The summed E-state index contributed by atoms with van der Waals surface area (Å²) in [6, 6.07) is 5.42. The van der Waals surface area contributed by atoms with E-state index in [0.717, 1.165) is 31.5 Å². The van der Waals surface area contributed by atoms with Crippen molar-refractivity contribution in [3.63, 3.8) is 0 Å². The molecular weight excluding hydrogens is 276 g/mol. The van der Waals surface area contributed by atoms with Gasteiger partial charge in [-0.3, -0.25) is 0 Å². The van der Waals surface area contributed by atoms with Crippen molar-refractivity contribution < 1.29 is 13.2 Å². The number of methoxy groups -OCH3 is 1. The highest BCUT2D eigenvalue weighted by Gasteiger charge is 2.32. The summed E-state index contributed by atoms with van der Waals surface area (Å²) in [7, 11) is -1.77. The monoisotopic (exact) mass is 296 g/mol. The van der Waals surface area contributed by atoms with E-state index in [9.17, 15) is 8.42 Å². The fourth-order valence-electron chi connectivity index (χ4n) is 2.86. The van der Waals surface area contributed by atoms with Gasteiger partial charge in [0, 0.05) is 32.4 Å². The summed E-state index contributed by atoms with van der Waals surface area (Å²) in [5.41, 5.74) is 2.16. The van der Waals surface area contributed by atoms with Crippen LogP contribution in [0.5, 0.6) is 0 Å². The average molecular weight is 296 g/mol. The quantitative estimate of drug-likeness (QED) is 0.917. The van der Waals surface area contributed by atoms with E-state index in [-0.39, 0.29) is 6.10 Å². The molecule has 2 aliphatic rings. The van der Waals surface area contributed by atoms with Gasteiger partial charge in [-0.05, 0) is 37.0 Å². The smallest absolute Gasteiger partial charge is 0.243 e. The van der Waals surface area contributed by atoms with Gasteiger partial charge in [-0.25, -0.2) is 8.42 Å². The predicted molar refractivity (Wildman–Crippen MR) is 77.4 cm³/mol. The molecule has 0 spiro atoms. The van der Waals surface area contributed by atoms with Gasteiger partial charge in [0.1, 0.15) is 0 Å². The van der Waals surface area contributed by atoms with Crippen LogP contribution in [0.15, 0.2) is 23.1 Å². The molecule has 0 aliphatic carbocycles. The lowest BCUT2D eigenvalue weighted by Crippen LogP contribution is -2.30. The van der Waals surface area contributed by atoms with Crippen LogP contribution in [0.2, 0.25) is 0 Å². The highest BCUT2D eigenvalue weighted by molar-refractivity contribution is 7.89. The van der Waals surface area contributed by atoms with Crippen molar-refractivity contribution in [2.24, 2.45) is 0 Å². The SMILES string of the molecule is COC1CCN(S(=O)(=O)c2ccc3c(c2)NCCC3)C1. The summed E-state index contributed by atoms with van der Waals surface area (Å²) in [5, 5.41) is 3.28. The molecule has 2 aliphatic heterocycles. The first-order valence-corrected chi connectivity index (χ1v) is 8.45. The third-order valence-corrected chi connectivity index (χ3v) is 5.96. The van der Waals surface area contributed by atoms with Gasteiger partial charge in [-0.2, -0.15) is 4.31 Å². The maximum Gasteiger partial charge on any atom is 0.243 e. The first kappa shape index (κ1) is 13.9. The van der Waals surface area contributed by atoms with Crippen molar-refractivity contribution >= 4 is 15.7 Å². The van der Waals surface area contributed by atoms with E-state index in [2.05, 4.69) is 5.32 Å². The zero-order chi connectivity index (χ0) is 14.2. The molecule has 1 aromatic rings. The molecule has 2 heterocycles. The van der Waals surface area contributed by atoms with Gasteiger partial charge in [0.05, 0.1) is 11.0 Å². The first-order chi connectivity index (χ1) is 9.61. The molecule has 1 N–H and O–H groups in total. The molecule has 3 rings (SSSR count). The maximum atomic E-state index is 12.6. The van der Waals surface area contributed by atoms with E-state index in [1.165, 1.54) is 9.87 Å². The van der Waals surface area contributed by atoms with E-state index in [4.69, 9.17) is 4.74 Å². The number of ether oxygens (including phenoxy) is 1. The van der Waals surface area contributed by atoms with Gasteiger partial charge in [0.2, 0.25) is 10.0 Å². The summed E-state index contributed by atoms with van der Waals surface area (Å²) in [5.74, 6) is 0. The molecule has 1 fully saturated rings. The predicted octanol–water partition coefficient (Wildman–Crippen LogP) is 1.45. The first-order valence-electron chi connectivity index (χ1n) is 7.01. The summed E-state index contributed by atoms with van der Waals surface area (Å²) in [6.45, 7) is 1.89. The van der Waals surface area contributed by atoms with Crippen LogP contribution in [0.1, 0.15) is 18.4 Å². The summed E-state index contributed by atoms with van der Waals surface area (Å²) in [6.07, 6.45) is 2.89. The fraction of sp³-hybridized carbons (Fsp3) is 0.571. The fourth-order valence-corrected chi connectivity index (χ4v) is 4.37. The molecule has 1 saturated heterocycles. The van der Waals surface area contributed by atoms with Crippen molar-refractivity contribution in [3.05, 3.63) is 23.8 Å². The number of sulfonamides is 1. The van der Waals surface area contributed by atoms with Gasteiger partial charge in [-0.15, -0.1) is 0 Å². The second-order valence-corrected chi connectivity index (χ2v) is 7.30. The molecule has 1 atom stereocenters. The molecule has 0 radical (unpaired) electrons. The third-order valence-electron chi connectivity index (χ3n) is 4.10. The van der Waals surface area contributed by atoms with Crippen molar-refractivity contribution in [2.75, 3.05) is 32.1 Å². The van der Waals surface area contributed by atoms with Crippen LogP contribution >= 0.6 is 0 Å². The molecular formula is C14H20N2O3S. The van der Waals surface area contributed by atoms with Crippen LogP contribution in [0.25, 0.3) is 0 Å². The molecule has 20 heavy (non-hydrogen) atoms. The van der Waals surface area contributed by atoms with E-state index in [1.807, 2.05) is 6.07 Å². The lowest BCUT2D eigenvalue weighted by Gasteiger charge is -2.21. The van der Waals surface area contributed by atoms with Crippen LogP contribution in [-0.2, 0) is 21.2 Å². The molecule has 110 valence electrons. The maximum absolute atomic E-state index is 12.6. The molecule has 0 amide bonds. The Labute approximate surface area is 120 Å². The Morgan fingerprint density at radius 3 is 3.00 bits per heavy atom. The third kappa shape index (κ3) is 2.43. The van der Waals surface area contributed by atoms with Crippen molar-refractivity contribution in [1.82, 2.24) is 4.31 Å². The van der Waals surface area contributed by atoms with Crippen molar-refractivity contribution in [1.29, 1.82) is 0 Å². The highest BCUT2D eigenvalue weighted by Crippen LogP contribution is 2.28. The highest BCUT2D eigenvalue weighted by atomic mass is 32.2. The average Bonchev–Trinajstić information content (AvgIpc) is 2.96. The van der Waals surface area contributed by atoms with Gasteiger partial charge >= 0.3 is 0 Å². The lowest BCUT2D eigenvalue weighted by atomic mass is 10.0. The summed E-state index contributed by atoms with van der Waals surface area (Å²) in [4.78, 5) is 0.377. The number of rotatable bonds is 3. The van der Waals surface area contributed by atoms with Gasteiger partial charge < -0.3 is 10.1 Å². The molecule has 0 saturated carbocycles. The van der Waals surface area contributed by atoms with Crippen LogP contribution in [0, 0.1) is 0 Å². The topological polar surface area (TPSA) is 58.6 Å². The minimum Gasteiger partial charge on any atom is -0.385 e. The molecule has 6 heteroatoms. The Kier molecular flexibility index (Phi) is 3.70. The second-order valence-electron chi connectivity index (χ2n) is 5.36. The van der Waals surface area contributed by atoms with Crippen LogP contribution < -0.4 is 5.32 Å². The van der Waals surface area contributed by atoms with Crippen molar-refractivity contribution in [3.8, 4) is 0 Å². The second kappa shape index (κ2) is 5.35. The minimum absolute atomic E-state index is 0.0144. The Morgan fingerprint density at radius 2 is 2.25 bits per heavy atom. The van der Waals surface area contributed by atoms with E-state index < -0.39 is 10.0 Å². The Bertz CT molecular complexity index is 600. The number of hydrogen-bond donors (Lipinski definition) is 1. The number of benzene rings is 1. The minimum atomic E-state index is -3.40. The molecule has 5 nitrogen and oxygen atoms in total. The van der Waals surface area contributed by atoms with Gasteiger partial charge in [0.25, 0.3) is 0 Å².